The van der Waals surface area contributed by atoms with E-state index in [4.69, 9.17) is 34.8 Å². The van der Waals surface area contributed by atoms with Gasteiger partial charge >= 0.3 is 5.70 Å². The number of nitro groups is 1. The lowest BCUT2D eigenvalue weighted by Gasteiger charge is -2.31. The van der Waals surface area contributed by atoms with E-state index >= 15 is 0 Å². The molecule has 1 aliphatic rings. The predicted octanol–water partition coefficient (Wildman–Crippen LogP) is 6.48. The van der Waals surface area contributed by atoms with Gasteiger partial charge in [0.25, 0.3) is 0 Å². The Balaban J connectivity index is 2.08. The number of nitrogens with zero attached hydrogens (tertiary/aromatic N) is 2. The first kappa shape index (κ1) is 21.1. The lowest BCUT2D eigenvalue weighted by atomic mass is 10.0. The highest BCUT2D eigenvalue weighted by Crippen LogP contribution is 2.39. The van der Waals surface area contributed by atoms with Crippen molar-refractivity contribution in [1.82, 2.24) is 4.90 Å². The van der Waals surface area contributed by atoms with Gasteiger partial charge in [0.05, 0.1) is 4.92 Å². The van der Waals surface area contributed by atoms with E-state index in [2.05, 4.69) is 6.07 Å². The summed E-state index contributed by atoms with van der Waals surface area (Å²) in [7, 11) is 0. The quantitative estimate of drug-likeness (QED) is 0.224. The molecule has 1 heterocycles. The number of hydrogen-bond acceptors (Lipinski definition) is 4. The molecule has 1 aliphatic heterocycles. The van der Waals surface area contributed by atoms with Gasteiger partial charge in [-0.3, -0.25) is 10.1 Å². The van der Waals surface area contributed by atoms with Crippen molar-refractivity contribution in [3.05, 3.63) is 95.6 Å². The monoisotopic (exact) mass is 454 g/mol. The van der Waals surface area contributed by atoms with Crippen LogP contribution in [-0.2, 0) is 13.0 Å². The Kier molecular flexibility index (Phi) is 6.94. The maximum atomic E-state index is 11.9. The third-order valence-corrected chi connectivity index (χ3v) is 6.50. The summed E-state index contributed by atoms with van der Waals surface area (Å²) in [6, 6.07) is 15.9. The molecule has 146 valence electrons. The van der Waals surface area contributed by atoms with Gasteiger partial charge in [-0.05, 0) is 36.6 Å². The van der Waals surface area contributed by atoms with Crippen LogP contribution in [0.15, 0.2) is 73.7 Å². The summed E-state index contributed by atoms with van der Waals surface area (Å²) in [5.41, 5.74) is 3.21. The van der Waals surface area contributed by atoms with E-state index in [0.717, 1.165) is 22.4 Å². The van der Waals surface area contributed by atoms with Crippen molar-refractivity contribution in [3.63, 3.8) is 0 Å². The van der Waals surface area contributed by atoms with Gasteiger partial charge in [0.15, 0.2) is 10.1 Å². The van der Waals surface area contributed by atoms with Gasteiger partial charge in [0.1, 0.15) is 4.49 Å². The average molecular weight is 456 g/mol. The summed E-state index contributed by atoms with van der Waals surface area (Å²) < 4.78 is -0.326. The van der Waals surface area contributed by atoms with Crippen molar-refractivity contribution in [2.24, 2.45) is 0 Å². The van der Waals surface area contributed by atoms with Gasteiger partial charge in [0.2, 0.25) is 0 Å². The van der Waals surface area contributed by atoms with Gasteiger partial charge in [-0.1, -0.05) is 88.5 Å². The Hall–Kier alpha value is -1.66. The van der Waals surface area contributed by atoms with Crippen molar-refractivity contribution in [3.8, 4) is 0 Å². The van der Waals surface area contributed by atoms with Crippen molar-refractivity contribution in [2.45, 2.75) is 24.8 Å². The van der Waals surface area contributed by atoms with Crippen LogP contribution in [0.25, 0.3) is 0 Å². The van der Waals surface area contributed by atoms with Crippen LogP contribution in [0.3, 0.4) is 0 Å². The number of thioether (sulfide) groups is 1. The molecule has 0 radical (unpaired) electrons. The van der Waals surface area contributed by atoms with Crippen LogP contribution in [0, 0.1) is 17.0 Å². The molecule has 8 heteroatoms. The highest BCUT2D eigenvalue weighted by Gasteiger charge is 2.31. The number of halogens is 3. The largest absolute Gasteiger partial charge is 0.356 e. The number of aryl methyl sites for hydroxylation is 1. The number of hydrogen-bond donors (Lipinski definition) is 0. The molecule has 28 heavy (non-hydrogen) atoms. The molecule has 0 amide bonds. The van der Waals surface area contributed by atoms with Crippen molar-refractivity contribution in [1.29, 1.82) is 0 Å². The van der Waals surface area contributed by atoms with Crippen molar-refractivity contribution < 1.29 is 4.92 Å². The number of fused-ring (bicyclic) bond motifs is 1. The van der Waals surface area contributed by atoms with Crippen molar-refractivity contribution >= 4 is 46.6 Å². The summed E-state index contributed by atoms with van der Waals surface area (Å²) in [5, 5.41) is 12.1. The molecule has 2 aromatic rings. The van der Waals surface area contributed by atoms with Crippen molar-refractivity contribution in [2.75, 3.05) is 6.54 Å². The van der Waals surface area contributed by atoms with Gasteiger partial charge in [-0.2, -0.15) is 0 Å². The molecule has 4 nitrogen and oxygen atoms in total. The Labute approximate surface area is 182 Å². The van der Waals surface area contributed by atoms with Crippen LogP contribution >= 0.6 is 46.6 Å². The van der Waals surface area contributed by atoms with E-state index in [-0.39, 0.29) is 15.2 Å². The Morgan fingerprint density at radius 2 is 1.71 bits per heavy atom. The molecule has 0 spiro atoms. The molecule has 0 saturated carbocycles. The van der Waals surface area contributed by atoms with Gasteiger partial charge < -0.3 is 4.90 Å². The number of allylic oxidation sites excluding steroid dienone is 1. The van der Waals surface area contributed by atoms with Gasteiger partial charge in [-0.25, -0.2) is 0 Å². The Bertz CT molecular complexity index is 954. The standard InChI is InChI=1S/C20H17Cl3N2O2S/c1-13-6-8-16(9-7-13)28-20(18(25(26)27)17(21)19(22)23)24-11-10-14-4-2-3-5-15(14)12-24/h2-9H,10-12H2,1H3/b20-18+. The van der Waals surface area contributed by atoms with Gasteiger partial charge in [0, 0.05) is 18.0 Å². The fourth-order valence-electron chi connectivity index (χ4n) is 2.99. The molecule has 3 rings (SSSR count). The summed E-state index contributed by atoms with van der Waals surface area (Å²) in [5.74, 6) is 0. The van der Waals surface area contributed by atoms with Crippen LogP contribution < -0.4 is 0 Å². The second-order valence-electron chi connectivity index (χ2n) is 6.34. The van der Waals surface area contributed by atoms with Gasteiger partial charge in [-0.15, -0.1) is 0 Å². The van der Waals surface area contributed by atoms with E-state index in [0.29, 0.717) is 18.1 Å². The molecule has 0 N–H and O–H groups in total. The molecule has 0 unspecified atom stereocenters. The molecule has 0 atom stereocenters. The Morgan fingerprint density at radius 1 is 1.07 bits per heavy atom. The molecule has 0 fully saturated rings. The first-order valence-electron chi connectivity index (χ1n) is 8.53. The van der Waals surface area contributed by atoms with E-state index in [9.17, 15) is 10.1 Å². The Morgan fingerprint density at radius 3 is 2.32 bits per heavy atom. The fourth-order valence-corrected chi connectivity index (χ4v) is 4.44. The highest BCUT2D eigenvalue weighted by atomic mass is 35.5. The molecule has 0 aromatic heterocycles. The lowest BCUT2D eigenvalue weighted by molar-refractivity contribution is -0.421. The zero-order valence-electron chi connectivity index (χ0n) is 15.0. The molecular weight excluding hydrogens is 439 g/mol. The minimum Gasteiger partial charge on any atom is -0.356 e. The predicted molar refractivity (Wildman–Crippen MR) is 116 cm³/mol. The summed E-state index contributed by atoms with van der Waals surface area (Å²) >= 11 is 19.1. The maximum absolute atomic E-state index is 11.9. The zero-order valence-corrected chi connectivity index (χ0v) is 18.1. The molecule has 0 aliphatic carbocycles. The number of rotatable bonds is 5. The normalized spacial score (nSPS) is 14.2. The fraction of sp³-hybridized carbons (Fsp3) is 0.200. The summed E-state index contributed by atoms with van der Waals surface area (Å²) in [4.78, 5) is 14.2. The SMILES string of the molecule is Cc1ccc(S/C(=C(\C(Cl)=C(Cl)Cl)[N+](=O)[O-])N2CCc3ccccc3C2)cc1. The van der Waals surface area contributed by atoms with Crippen LogP contribution in [0.5, 0.6) is 0 Å². The minimum atomic E-state index is -0.524. The van der Waals surface area contributed by atoms with E-state index in [1.807, 2.05) is 54.3 Å². The second kappa shape index (κ2) is 9.23. The molecular formula is C20H17Cl3N2O2S. The first-order valence-corrected chi connectivity index (χ1v) is 10.5. The minimum absolute atomic E-state index is 0.262. The first-order chi connectivity index (χ1) is 13.4. The maximum Gasteiger partial charge on any atom is 0.320 e. The third-order valence-electron chi connectivity index (χ3n) is 4.41. The smallest absolute Gasteiger partial charge is 0.320 e. The second-order valence-corrected chi connectivity index (χ2v) is 8.73. The zero-order chi connectivity index (χ0) is 20.3. The van der Waals surface area contributed by atoms with E-state index in [1.54, 1.807) is 0 Å². The molecule has 2 aromatic carbocycles. The topological polar surface area (TPSA) is 46.4 Å². The summed E-state index contributed by atoms with van der Waals surface area (Å²) in [6.45, 7) is 3.17. The molecule has 0 saturated heterocycles. The van der Waals surface area contributed by atoms with Crippen LogP contribution in [-0.4, -0.2) is 16.4 Å². The number of benzene rings is 2. The van der Waals surface area contributed by atoms with Crippen LogP contribution in [0.1, 0.15) is 16.7 Å². The average Bonchev–Trinajstić information content (AvgIpc) is 2.68. The lowest BCUT2D eigenvalue weighted by Crippen LogP contribution is -2.30. The van der Waals surface area contributed by atoms with Crippen LogP contribution in [0.2, 0.25) is 0 Å². The highest BCUT2D eigenvalue weighted by molar-refractivity contribution is 8.03. The van der Waals surface area contributed by atoms with E-state index < -0.39 is 4.92 Å². The summed E-state index contributed by atoms with van der Waals surface area (Å²) in [6.07, 6.45) is 0.787. The molecule has 0 bridgehead atoms. The van der Waals surface area contributed by atoms with Crippen LogP contribution in [0.4, 0.5) is 0 Å². The third kappa shape index (κ3) is 4.84. The van der Waals surface area contributed by atoms with E-state index in [1.165, 1.54) is 17.3 Å².